The van der Waals surface area contributed by atoms with Crippen molar-refractivity contribution in [3.8, 4) is 11.1 Å². The van der Waals surface area contributed by atoms with Gasteiger partial charge in [0.05, 0.1) is 23.2 Å². The Labute approximate surface area is 211 Å². The van der Waals surface area contributed by atoms with Crippen LogP contribution in [-0.4, -0.2) is 24.1 Å². The third-order valence-electron chi connectivity index (χ3n) is 5.92. The van der Waals surface area contributed by atoms with Gasteiger partial charge in [-0.2, -0.15) is 0 Å². The number of carbonyl (C=O) groups excluding carboxylic acids is 1. The van der Waals surface area contributed by atoms with Crippen molar-refractivity contribution in [3.63, 3.8) is 0 Å². The van der Waals surface area contributed by atoms with Crippen LogP contribution < -0.4 is 5.73 Å². The molecule has 0 saturated heterocycles. The van der Waals surface area contributed by atoms with E-state index in [4.69, 9.17) is 27.1 Å². The predicted octanol–water partition coefficient (Wildman–Crippen LogP) is 7.37. The molecule has 0 bridgehead atoms. The molecule has 1 unspecified atom stereocenters. The van der Waals surface area contributed by atoms with E-state index in [1.807, 2.05) is 44.2 Å². The number of hydrogen-bond acceptors (Lipinski definition) is 5. The number of nitrogens with two attached hydrogens (primary N) is 1. The molecule has 34 heavy (non-hydrogen) atoms. The van der Waals surface area contributed by atoms with Gasteiger partial charge in [-0.1, -0.05) is 49.4 Å². The number of rotatable bonds is 11. The number of thiazole rings is 1. The van der Waals surface area contributed by atoms with E-state index < -0.39 is 0 Å². The number of carbonyl (C=O) groups is 1. The van der Waals surface area contributed by atoms with E-state index in [-0.39, 0.29) is 12.4 Å². The fourth-order valence-electron chi connectivity index (χ4n) is 4.07. The summed E-state index contributed by atoms with van der Waals surface area (Å²) >= 11 is 7.79. The Morgan fingerprint density at radius 2 is 2.03 bits per heavy atom. The number of fused-ring (bicyclic) bond motifs is 1. The predicted molar refractivity (Wildman–Crippen MR) is 145 cm³/mol. The molecule has 0 fully saturated rings. The van der Waals surface area contributed by atoms with Gasteiger partial charge in [-0.3, -0.25) is 4.79 Å². The summed E-state index contributed by atoms with van der Waals surface area (Å²) in [5, 5.41) is 1.60. The monoisotopic (exact) mass is 496 g/mol. The van der Waals surface area contributed by atoms with E-state index in [0.29, 0.717) is 17.5 Å². The normalized spacial score (nSPS) is 12.7. The number of ether oxygens (including phenoxy) is 1. The lowest BCUT2D eigenvalue weighted by atomic mass is 9.93. The van der Waals surface area contributed by atoms with E-state index >= 15 is 0 Å². The van der Waals surface area contributed by atoms with E-state index in [9.17, 15) is 4.79 Å². The van der Waals surface area contributed by atoms with Crippen molar-refractivity contribution in [2.45, 2.75) is 46.5 Å². The molecule has 0 radical (unpaired) electrons. The molecule has 3 aromatic rings. The van der Waals surface area contributed by atoms with Crippen molar-refractivity contribution in [1.29, 1.82) is 0 Å². The highest BCUT2D eigenvalue weighted by molar-refractivity contribution is 7.20. The number of allylic oxidation sites excluding steroid dienone is 3. The lowest BCUT2D eigenvalue weighted by Gasteiger charge is -2.14. The van der Waals surface area contributed by atoms with Gasteiger partial charge in [-0.05, 0) is 80.5 Å². The second-order valence-electron chi connectivity index (χ2n) is 8.53. The maximum Gasteiger partial charge on any atom is 0.310 e. The molecule has 1 aromatic heterocycles. The molecular formula is C28H33ClN2O2S. The summed E-state index contributed by atoms with van der Waals surface area (Å²) in [5.41, 5.74) is 11.6. The number of halogens is 1. The zero-order valence-electron chi connectivity index (χ0n) is 20.2. The SMILES string of the molecule is C=C/C(=C\CCC(C)CCN)c1nc2cc(C)c(CC(=O)OCC)c(-c3ccc(Cl)cc3)c2s1. The minimum Gasteiger partial charge on any atom is -0.466 e. The van der Waals surface area contributed by atoms with Crippen LogP contribution in [0.1, 0.15) is 49.2 Å². The fourth-order valence-corrected chi connectivity index (χ4v) is 5.38. The van der Waals surface area contributed by atoms with Gasteiger partial charge in [0.1, 0.15) is 5.01 Å². The van der Waals surface area contributed by atoms with Gasteiger partial charge >= 0.3 is 5.97 Å². The van der Waals surface area contributed by atoms with Gasteiger partial charge in [0.2, 0.25) is 0 Å². The fraction of sp³-hybridized carbons (Fsp3) is 0.357. The number of aromatic nitrogens is 1. The Kier molecular flexibility index (Phi) is 9.45. The third kappa shape index (κ3) is 6.35. The van der Waals surface area contributed by atoms with Gasteiger partial charge in [0.15, 0.2) is 0 Å². The summed E-state index contributed by atoms with van der Waals surface area (Å²) < 4.78 is 6.31. The zero-order valence-corrected chi connectivity index (χ0v) is 21.8. The highest BCUT2D eigenvalue weighted by Crippen LogP contribution is 2.40. The van der Waals surface area contributed by atoms with E-state index in [1.165, 1.54) is 0 Å². The third-order valence-corrected chi connectivity index (χ3v) is 7.31. The Morgan fingerprint density at radius 1 is 1.29 bits per heavy atom. The van der Waals surface area contributed by atoms with Gasteiger partial charge in [0.25, 0.3) is 0 Å². The highest BCUT2D eigenvalue weighted by atomic mass is 35.5. The average Bonchev–Trinajstić information content (AvgIpc) is 3.21. The van der Waals surface area contributed by atoms with Crippen LogP contribution in [0.4, 0.5) is 0 Å². The first kappa shape index (κ1) is 26.1. The number of esters is 1. The topological polar surface area (TPSA) is 65.2 Å². The molecule has 0 spiro atoms. The first-order valence-corrected chi connectivity index (χ1v) is 12.9. The Hall–Kier alpha value is -2.47. The summed E-state index contributed by atoms with van der Waals surface area (Å²) in [5.74, 6) is 0.357. The summed E-state index contributed by atoms with van der Waals surface area (Å²) in [6.07, 6.45) is 7.37. The Morgan fingerprint density at radius 3 is 2.68 bits per heavy atom. The molecule has 4 nitrogen and oxygen atoms in total. The molecule has 0 aliphatic rings. The van der Waals surface area contributed by atoms with Gasteiger partial charge < -0.3 is 10.5 Å². The van der Waals surface area contributed by atoms with Crippen LogP contribution in [0.25, 0.3) is 26.9 Å². The lowest BCUT2D eigenvalue weighted by Crippen LogP contribution is -2.09. The average molecular weight is 497 g/mol. The van der Waals surface area contributed by atoms with Crippen molar-refractivity contribution >= 4 is 44.7 Å². The molecule has 0 aliphatic carbocycles. The molecule has 0 amide bonds. The minimum atomic E-state index is -0.233. The van der Waals surface area contributed by atoms with Crippen molar-refractivity contribution < 1.29 is 9.53 Å². The maximum absolute atomic E-state index is 12.4. The van der Waals surface area contributed by atoms with Gasteiger partial charge in [0, 0.05) is 16.2 Å². The first-order valence-electron chi connectivity index (χ1n) is 11.8. The van der Waals surface area contributed by atoms with E-state index in [1.54, 1.807) is 11.3 Å². The van der Waals surface area contributed by atoms with Crippen LogP contribution in [-0.2, 0) is 16.0 Å². The molecule has 0 saturated carbocycles. The van der Waals surface area contributed by atoms with Crippen molar-refractivity contribution in [2.75, 3.05) is 13.2 Å². The van der Waals surface area contributed by atoms with Crippen LogP contribution in [0, 0.1) is 12.8 Å². The molecule has 180 valence electrons. The smallest absolute Gasteiger partial charge is 0.310 e. The standard InChI is InChI=1S/C28H33ClN2O2S/c1-5-20(9-7-8-18(3)14-15-30)28-31-24-16-19(4)23(17-25(32)33-6-2)26(27(24)34-28)21-10-12-22(29)13-11-21/h5,9-13,16,18H,1,6-8,14-15,17,30H2,2-4H3/b20-9+. The Bertz CT molecular complexity index is 1180. The van der Waals surface area contributed by atoms with E-state index in [2.05, 4.69) is 25.6 Å². The van der Waals surface area contributed by atoms with Crippen molar-refractivity contribution in [2.24, 2.45) is 11.7 Å². The van der Waals surface area contributed by atoms with Crippen molar-refractivity contribution in [1.82, 2.24) is 4.98 Å². The lowest BCUT2D eigenvalue weighted by molar-refractivity contribution is -0.142. The largest absolute Gasteiger partial charge is 0.466 e. The van der Waals surface area contributed by atoms with Crippen LogP contribution in [0.5, 0.6) is 0 Å². The second kappa shape index (κ2) is 12.3. The molecule has 1 atom stereocenters. The summed E-state index contributed by atoms with van der Waals surface area (Å²) in [6, 6.07) is 9.80. The molecule has 2 N–H and O–H groups in total. The molecule has 0 aliphatic heterocycles. The Balaban J connectivity index is 2.09. The van der Waals surface area contributed by atoms with Crippen LogP contribution in [0.15, 0.2) is 49.1 Å². The van der Waals surface area contributed by atoms with Crippen LogP contribution in [0.2, 0.25) is 5.02 Å². The number of benzene rings is 2. The number of aryl methyl sites for hydroxylation is 1. The molecule has 6 heteroatoms. The summed E-state index contributed by atoms with van der Waals surface area (Å²) in [4.78, 5) is 17.4. The molecule has 3 rings (SSSR count). The number of nitrogens with zero attached hydrogens (tertiary/aromatic N) is 1. The quantitative estimate of drug-likeness (QED) is 0.222. The summed E-state index contributed by atoms with van der Waals surface area (Å²) in [7, 11) is 0. The maximum atomic E-state index is 12.4. The van der Waals surface area contributed by atoms with Gasteiger partial charge in [-0.25, -0.2) is 4.98 Å². The first-order chi connectivity index (χ1) is 16.4. The number of hydrogen-bond donors (Lipinski definition) is 1. The van der Waals surface area contributed by atoms with Gasteiger partial charge in [-0.15, -0.1) is 11.3 Å². The highest BCUT2D eigenvalue weighted by Gasteiger charge is 2.20. The zero-order chi connectivity index (χ0) is 24.7. The summed E-state index contributed by atoms with van der Waals surface area (Å²) in [6.45, 7) is 11.2. The second-order valence-corrected chi connectivity index (χ2v) is 9.96. The van der Waals surface area contributed by atoms with Crippen LogP contribution in [0.3, 0.4) is 0 Å². The molecular weight excluding hydrogens is 464 g/mol. The van der Waals surface area contributed by atoms with Crippen LogP contribution >= 0.6 is 22.9 Å². The van der Waals surface area contributed by atoms with Crippen molar-refractivity contribution in [3.05, 3.63) is 70.2 Å². The molecule has 2 aromatic carbocycles. The minimum absolute atomic E-state index is 0.212. The van der Waals surface area contributed by atoms with E-state index in [0.717, 1.165) is 68.9 Å². The molecule has 1 heterocycles.